The van der Waals surface area contributed by atoms with E-state index >= 15 is 0 Å². The number of benzene rings is 1. The molecule has 136 valence electrons. The molecule has 1 N–H and O–H groups in total. The van der Waals surface area contributed by atoms with Crippen LogP contribution in [0.3, 0.4) is 0 Å². The molecule has 3 rings (SSSR count). The molecular weight excluding hydrogens is 354 g/mol. The van der Waals surface area contributed by atoms with Crippen molar-refractivity contribution in [2.45, 2.75) is 26.2 Å². The molecule has 0 spiro atoms. The van der Waals surface area contributed by atoms with E-state index in [0.717, 1.165) is 29.7 Å². The minimum absolute atomic E-state index is 0.254. The second-order valence-electron chi connectivity index (χ2n) is 5.77. The molecule has 26 heavy (non-hydrogen) atoms. The maximum absolute atomic E-state index is 12.3. The third-order valence-electron chi connectivity index (χ3n) is 4.06. The zero-order chi connectivity index (χ0) is 18.5. The monoisotopic (exact) mass is 373 g/mol. The Hall–Kier alpha value is -2.67. The number of carbonyl (C=O) groups is 3. The summed E-state index contributed by atoms with van der Waals surface area (Å²) >= 11 is 1.42. The van der Waals surface area contributed by atoms with Crippen LogP contribution in [0.4, 0.5) is 5.00 Å². The highest BCUT2D eigenvalue weighted by atomic mass is 32.1. The van der Waals surface area contributed by atoms with Crippen molar-refractivity contribution in [1.82, 2.24) is 0 Å². The third-order valence-corrected chi connectivity index (χ3v) is 5.27. The molecule has 2 aromatic rings. The molecular formula is C19H19NO5S. The first-order valence-electron chi connectivity index (χ1n) is 8.42. The molecule has 0 aliphatic heterocycles. The SMILES string of the molecule is CCOC(=O)c1c(NC(=O)COc2ccccc2C=O)sc2c1CCC2. The predicted octanol–water partition coefficient (Wildman–Crippen LogP) is 3.24. The van der Waals surface area contributed by atoms with E-state index in [0.29, 0.717) is 28.2 Å². The number of thiophene rings is 1. The van der Waals surface area contributed by atoms with Gasteiger partial charge in [-0.1, -0.05) is 12.1 Å². The highest BCUT2D eigenvalue weighted by molar-refractivity contribution is 7.17. The van der Waals surface area contributed by atoms with Gasteiger partial charge in [0.25, 0.3) is 5.91 Å². The first kappa shape index (κ1) is 18.1. The molecule has 1 aromatic carbocycles. The number of esters is 1. The number of aldehydes is 1. The minimum atomic E-state index is -0.408. The van der Waals surface area contributed by atoms with Crippen LogP contribution in [-0.2, 0) is 22.4 Å². The Morgan fingerprint density at radius 1 is 1.27 bits per heavy atom. The van der Waals surface area contributed by atoms with Crippen LogP contribution in [0.25, 0.3) is 0 Å². The number of nitrogens with one attached hydrogen (secondary N) is 1. The molecule has 0 radical (unpaired) electrons. The minimum Gasteiger partial charge on any atom is -0.483 e. The molecule has 0 bridgehead atoms. The molecule has 0 atom stereocenters. The van der Waals surface area contributed by atoms with E-state index in [1.807, 2.05) is 0 Å². The topological polar surface area (TPSA) is 81.7 Å². The summed E-state index contributed by atoms with van der Waals surface area (Å²) in [6.07, 6.45) is 3.41. The Morgan fingerprint density at radius 3 is 2.85 bits per heavy atom. The fraction of sp³-hybridized carbons (Fsp3) is 0.316. The standard InChI is InChI=1S/C19H19NO5S/c1-2-24-19(23)17-13-7-5-9-15(13)26-18(17)20-16(22)11-25-14-8-4-3-6-12(14)10-21/h3-4,6,8,10H,2,5,7,9,11H2,1H3,(H,20,22). The van der Waals surface area contributed by atoms with Gasteiger partial charge in [0, 0.05) is 4.88 Å². The first-order chi connectivity index (χ1) is 12.6. The zero-order valence-electron chi connectivity index (χ0n) is 14.4. The van der Waals surface area contributed by atoms with Crippen LogP contribution in [0.5, 0.6) is 5.75 Å². The molecule has 1 heterocycles. The first-order valence-corrected chi connectivity index (χ1v) is 9.24. The highest BCUT2D eigenvalue weighted by Crippen LogP contribution is 2.39. The molecule has 1 amide bonds. The second-order valence-corrected chi connectivity index (χ2v) is 6.88. The molecule has 1 aromatic heterocycles. The highest BCUT2D eigenvalue weighted by Gasteiger charge is 2.28. The molecule has 0 fully saturated rings. The van der Waals surface area contributed by atoms with Gasteiger partial charge in [-0.25, -0.2) is 4.79 Å². The summed E-state index contributed by atoms with van der Waals surface area (Å²) in [5.74, 6) is -0.456. The van der Waals surface area contributed by atoms with Crippen molar-refractivity contribution in [3.63, 3.8) is 0 Å². The summed E-state index contributed by atoms with van der Waals surface area (Å²) in [6, 6.07) is 6.68. The molecule has 1 aliphatic carbocycles. The summed E-state index contributed by atoms with van der Waals surface area (Å²) < 4.78 is 10.6. The number of ether oxygens (including phenoxy) is 2. The van der Waals surface area contributed by atoms with Crippen LogP contribution >= 0.6 is 11.3 Å². The van der Waals surface area contributed by atoms with E-state index in [1.54, 1.807) is 31.2 Å². The van der Waals surface area contributed by atoms with Crippen LogP contribution in [0.2, 0.25) is 0 Å². The summed E-state index contributed by atoms with van der Waals surface area (Å²) in [5.41, 5.74) is 1.82. The van der Waals surface area contributed by atoms with Gasteiger partial charge in [0.15, 0.2) is 12.9 Å². The number of amides is 1. The average molecular weight is 373 g/mol. The van der Waals surface area contributed by atoms with Crippen LogP contribution in [0, 0.1) is 0 Å². The summed E-state index contributed by atoms with van der Waals surface area (Å²) in [5, 5.41) is 3.26. The summed E-state index contributed by atoms with van der Waals surface area (Å²) in [6.45, 7) is 1.78. The van der Waals surface area contributed by atoms with Crippen molar-refractivity contribution >= 4 is 34.5 Å². The Balaban J connectivity index is 1.71. The van der Waals surface area contributed by atoms with Crippen LogP contribution < -0.4 is 10.1 Å². The number of hydrogen-bond acceptors (Lipinski definition) is 6. The lowest BCUT2D eigenvalue weighted by molar-refractivity contribution is -0.118. The summed E-state index contributed by atoms with van der Waals surface area (Å²) in [4.78, 5) is 36.7. The van der Waals surface area contributed by atoms with Gasteiger partial charge in [-0.2, -0.15) is 0 Å². The average Bonchev–Trinajstić information content (AvgIpc) is 3.21. The van der Waals surface area contributed by atoms with Crippen LogP contribution in [-0.4, -0.2) is 31.4 Å². The van der Waals surface area contributed by atoms with Crippen LogP contribution in [0.1, 0.15) is 44.5 Å². The molecule has 0 saturated carbocycles. The van der Waals surface area contributed by atoms with Gasteiger partial charge in [0.05, 0.1) is 17.7 Å². The lowest BCUT2D eigenvalue weighted by atomic mass is 10.1. The normalized spacial score (nSPS) is 12.3. The predicted molar refractivity (Wildman–Crippen MR) is 98.3 cm³/mol. The van der Waals surface area contributed by atoms with Gasteiger partial charge in [-0.15, -0.1) is 11.3 Å². The van der Waals surface area contributed by atoms with Crippen molar-refractivity contribution in [3.05, 3.63) is 45.8 Å². The number of fused-ring (bicyclic) bond motifs is 1. The number of rotatable bonds is 7. The van der Waals surface area contributed by atoms with E-state index < -0.39 is 11.9 Å². The smallest absolute Gasteiger partial charge is 0.341 e. The van der Waals surface area contributed by atoms with Crippen molar-refractivity contribution in [2.24, 2.45) is 0 Å². The Labute approximate surface area is 155 Å². The van der Waals surface area contributed by atoms with Crippen molar-refractivity contribution in [1.29, 1.82) is 0 Å². The fourth-order valence-corrected chi connectivity index (χ4v) is 4.22. The van der Waals surface area contributed by atoms with Crippen molar-refractivity contribution in [3.8, 4) is 5.75 Å². The number of anilines is 1. The molecule has 6 nitrogen and oxygen atoms in total. The van der Waals surface area contributed by atoms with E-state index in [1.165, 1.54) is 11.3 Å². The Bertz CT molecular complexity index is 842. The number of carbonyl (C=O) groups excluding carboxylic acids is 3. The second kappa shape index (κ2) is 8.14. The number of aryl methyl sites for hydroxylation is 1. The van der Waals surface area contributed by atoms with E-state index in [9.17, 15) is 14.4 Å². The molecule has 7 heteroatoms. The van der Waals surface area contributed by atoms with Gasteiger partial charge in [-0.05, 0) is 43.9 Å². The van der Waals surface area contributed by atoms with Gasteiger partial charge in [-0.3, -0.25) is 9.59 Å². The number of para-hydroxylation sites is 1. The molecule has 0 saturated heterocycles. The Morgan fingerprint density at radius 2 is 2.08 bits per heavy atom. The van der Waals surface area contributed by atoms with Gasteiger partial charge >= 0.3 is 5.97 Å². The zero-order valence-corrected chi connectivity index (χ0v) is 15.2. The van der Waals surface area contributed by atoms with E-state index in [4.69, 9.17) is 9.47 Å². The van der Waals surface area contributed by atoms with Gasteiger partial charge in [0.2, 0.25) is 0 Å². The van der Waals surface area contributed by atoms with E-state index in [-0.39, 0.29) is 13.2 Å². The fourth-order valence-electron chi connectivity index (χ4n) is 2.93. The lowest BCUT2D eigenvalue weighted by Gasteiger charge is -2.10. The maximum Gasteiger partial charge on any atom is 0.341 e. The summed E-state index contributed by atoms with van der Waals surface area (Å²) in [7, 11) is 0. The maximum atomic E-state index is 12.3. The quantitative estimate of drug-likeness (QED) is 0.595. The van der Waals surface area contributed by atoms with Crippen molar-refractivity contribution < 1.29 is 23.9 Å². The third kappa shape index (κ3) is 3.77. The Kier molecular flexibility index (Phi) is 5.68. The lowest BCUT2D eigenvalue weighted by Crippen LogP contribution is -2.21. The molecule has 1 aliphatic rings. The number of hydrogen-bond donors (Lipinski definition) is 1. The molecule has 0 unspecified atom stereocenters. The largest absolute Gasteiger partial charge is 0.483 e. The van der Waals surface area contributed by atoms with Gasteiger partial charge < -0.3 is 14.8 Å². The van der Waals surface area contributed by atoms with E-state index in [2.05, 4.69) is 5.32 Å². The van der Waals surface area contributed by atoms with Crippen molar-refractivity contribution in [2.75, 3.05) is 18.5 Å². The van der Waals surface area contributed by atoms with Gasteiger partial charge in [0.1, 0.15) is 10.8 Å². The van der Waals surface area contributed by atoms with Crippen LogP contribution in [0.15, 0.2) is 24.3 Å².